The molecule has 2 aromatic carbocycles. The highest BCUT2D eigenvalue weighted by atomic mass is 35.5. The van der Waals surface area contributed by atoms with Gasteiger partial charge in [-0.05, 0) is 43.0 Å². The maximum Gasteiger partial charge on any atom is 0.0625 e. The molecule has 0 saturated carbocycles. The van der Waals surface area contributed by atoms with Gasteiger partial charge in [-0.1, -0.05) is 53.6 Å². The Morgan fingerprint density at radius 3 is 2.28 bits per heavy atom. The van der Waals surface area contributed by atoms with Crippen LogP contribution in [0.4, 0.5) is 0 Å². The minimum Gasteiger partial charge on any atom is -0.117 e. The van der Waals surface area contributed by atoms with E-state index in [1.807, 2.05) is 19.1 Å². The first kappa shape index (κ1) is 13.5. The van der Waals surface area contributed by atoms with Crippen molar-refractivity contribution in [2.45, 2.75) is 25.6 Å². The normalized spacial score (nSPS) is 12.4. The van der Waals surface area contributed by atoms with Gasteiger partial charge in [0, 0.05) is 5.02 Å². The molecule has 0 fully saturated rings. The molecule has 0 aliphatic carbocycles. The molecule has 1 unspecified atom stereocenters. The highest BCUT2D eigenvalue weighted by molar-refractivity contribution is 6.31. The number of alkyl halides is 1. The van der Waals surface area contributed by atoms with Crippen molar-refractivity contribution in [1.29, 1.82) is 0 Å². The fourth-order valence-electron chi connectivity index (χ4n) is 1.91. The molecular weight excluding hydrogens is 263 g/mol. The van der Waals surface area contributed by atoms with Crippen LogP contribution in [-0.2, 0) is 6.42 Å². The summed E-state index contributed by atoms with van der Waals surface area (Å²) in [5.41, 5.74) is 4.73. The van der Waals surface area contributed by atoms with Crippen LogP contribution in [0.25, 0.3) is 0 Å². The average Bonchev–Trinajstić information content (AvgIpc) is 2.35. The zero-order chi connectivity index (χ0) is 13.1. The average molecular weight is 279 g/mol. The van der Waals surface area contributed by atoms with E-state index in [-0.39, 0.29) is 5.38 Å². The van der Waals surface area contributed by atoms with E-state index < -0.39 is 0 Å². The first-order chi connectivity index (χ1) is 8.56. The maximum atomic E-state index is 6.46. The Hall–Kier alpha value is -0.980. The third-order valence-corrected chi connectivity index (χ3v) is 3.91. The van der Waals surface area contributed by atoms with E-state index in [0.717, 1.165) is 22.6 Å². The molecule has 0 aliphatic rings. The lowest BCUT2D eigenvalue weighted by Gasteiger charge is -2.11. The van der Waals surface area contributed by atoms with Crippen LogP contribution in [0, 0.1) is 13.8 Å². The minimum atomic E-state index is -0.0105. The van der Waals surface area contributed by atoms with E-state index in [1.54, 1.807) is 0 Å². The molecule has 0 heterocycles. The van der Waals surface area contributed by atoms with Crippen molar-refractivity contribution in [3.63, 3.8) is 0 Å². The molecule has 2 aromatic rings. The Kier molecular flexibility index (Phi) is 4.31. The molecule has 0 spiro atoms. The van der Waals surface area contributed by atoms with Gasteiger partial charge in [-0.3, -0.25) is 0 Å². The monoisotopic (exact) mass is 278 g/mol. The number of halogens is 2. The van der Waals surface area contributed by atoms with E-state index in [9.17, 15) is 0 Å². The van der Waals surface area contributed by atoms with Crippen LogP contribution in [0.2, 0.25) is 5.02 Å². The Morgan fingerprint density at radius 2 is 1.67 bits per heavy atom. The summed E-state index contributed by atoms with van der Waals surface area (Å²) >= 11 is 12.5. The third kappa shape index (κ3) is 3.28. The second-order valence-electron chi connectivity index (χ2n) is 4.67. The van der Waals surface area contributed by atoms with Gasteiger partial charge in [0.2, 0.25) is 0 Å². The van der Waals surface area contributed by atoms with Crippen LogP contribution in [-0.4, -0.2) is 0 Å². The predicted octanol–water partition coefficient (Wildman–Crippen LogP) is 5.48. The van der Waals surface area contributed by atoms with Gasteiger partial charge in [-0.25, -0.2) is 0 Å². The fraction of sp³-hybridized carbons (Fsp3) is 0.250. The van der Waals surface area contributed by atoms with E-state index in [0.29, 0.717) is 0 Å². The summed E-state index contributed by atoms with van der Waals surface area (Å²) in [6.07, 6.45) is 0.836. The standard InChI is InChI=1S/C16H16Cl2/c1-11-3-5-13(6-4-11)10-16(18)14-7-8-15(17)12(2)9-14/h3-9,16H,10H2,1-2H3. The topological polar surface area (TPSA) is 0 Å². The van der Waals surface area contributed by atoms with Gasteiger partial charge in [0.25, 0.3) is 0 Å². The molecule has 0 amide bonds. The number of rotatable bonds is 3. The fourth-order valence-corrected chi connectivity index (χ4v) is 2.34. The summed E-state index contributed by atoms with van der Waals surface area (Å²) in [5.74, 6) is 0. The molecule has 0 saturated heterocycles. The van der Waals surface area contributed by atoms with Gasteiger partial charge < -0.3 is 0 Å². The van der Waals surface area contributed by atoms with Crippen LogP contribution < -0.4 is 0 Å². The first-order valence-corrected chi connectivity index (χ1v) is 6.83. The van der Waals surface area contributed by atoms with E-state index in [2.05, 4.69) is 37.3 Å². The molecule has 0 aliphatic heterocycles. The van der Waals surface area contributed by atoms with Crippen molar-refractivity contribution in [1.82, 2.24) is 0 Å². The largest absolute Gasteiger partial charge is 0.117 e. The smallest absolute Gasteiger partial charge is 0.0625 e. The molecule has 94 valence electrons. The summed E-state index contributed by atoms with van der Waals surface area (Å²) in [6, 6.07) is 14.5. The van der Waals surface area contributed by atoms with Crippen LogP contribution in [0.15, 0.2) is 42.5 Å². The lowest BCUT2D eigenvalue weighted by molar-refractivity contribution is 0.917. The summed E-state index contributed by atoms with van der Waals surface area (Å²) in [5, 5.41) is 0.779. The Bertz CT molecular complexity index is 529. The number of hydrogen-bond donors (Lipinski definition) is 0. The lowest BCUT2D eigenvalue weighted by atomic mass is 10.0. The quantitative estimate of drug-likeness (QED) is 0.653. The number of benzene rings is 2. The van der Waals surface area contributed by atoms with Gasteiger partial charge >= 0.3 is 0 Å². The maximum absolute atomic E-state index is 6.46. The van der Waals surface area contributed by atoms with Crippen molar-refractivity contribution >= 4 is 23.2 Å². The van der Waals surface area contributed by atoms with Crippen molar-refractivity contribution in [3.05, 3.63) is 69.7 Å². The Morgan fingerprint density at radius 1 is 1.00 bits per heavy atom. The Labute approximate surface area is 119 Å². The zero-order valence-corrected chi connectivity index (χ0v) is 12.1. The molecule has 2 heteroatoms. The van der Waals surface area contributed by atoms with Crippen LogP contribution in [0.5, 0.6) is 0 Å². The number of hydrogen-bond acceptors (Lipinski definition) is 0. The first-order valence-electron chi connectivity index (χ1n) is 6.02. The van der Waals surface area contributed by atoms with Crippen molar-refractivity contribution in [3.8, 4) is 0 Å². The van der Waals surface area contributed by atoms with E-state index >= 15 is 0 Å². The molecule has 18 heavy (non-hydrogen) atoms. The minimum absolute atomic E-state index is 0.0105. The van der Waals surface area contributed by atoms with Gasteiger partial charge in [0.1, 0.15) is 0 Å². The molecule has 0 radical (unpaired) electrons. The zero-order valence-electron chi connectivity index (χ0n) is 10.6. The van der Waals surface area contributed by atoms with Gasteiger partial charge in [-0.15, -0.1) is 11.6 Å². The van der Waals surface area contributed by atoms with Crippen molar-refractivity contribution < 1.29 is 0 Å². The predicted molar refractivity (Wildman–Crippen MR) is 79.7 cm³/mol. The summed E-state index contributed by atoms with van der Waals surface area (Å²) < 4.78 is 0. The summed E-state index contributed by atoms with van der Waals surface area (Å²) in [4.78, 5) is 0. The third-order valence-electron chi connectivity index (χ3n) is 3.08. The highest BCUT2D eigenvalue weighted by Gasteiger charge is 2.10. The van der Waals surface area contributed by atoms with E-state index in [4.69, 9.17) is 23.2 Å². The van der Waals surface area contributed by atoms with Crippen LogP contribution in [0.3, 0.4) is 0 Å². The lowest BCUT2D eigenvalue weighted by Crippen LogP contribution is -1.96. The SMILES string of the molecule is Cc1ccc(CC(Cl)c2ccc(Cl)c(C)c2)cc1. The van der Waals surface area contributed by atoms with E-state index in [1.165, 1.54) is 11.1 Å². The van der Waals surface area contributed by atoms with Gasteiger partial charge in [0.05, 0.1) is 5.38 Å². The molecule has 0 N–H and O–H groups in total. The van der Waals surface area contributed by atoms with Gasteiger partial charge in [0.15, 0.2) is 0 Å². The molecule has 0 bridgehead atoms. The van der Waals surface area contributed by atoms with Crippen molar-refractivity contribution in [2.24, 2.45) is 0 Å². The second-order valence-corrected chi connectivity index (χ2v) is 5.60. The van der Waals surface area contributed by atoms with Gasteiger partial charge in [-0.2, -0.15) is 0 Å². The Balaban J connectivity index is 2.13. The summed E-state index contributed by atoms with van der Waals surface area (Å²) in [7, 11) is 0. The molecule has 2 rings (SSSR count). The molecule has 1 atom stereocenters. The highest BCUT2D eigenvalue weighted by Crippen LogP contribution is 2.28. The summed E-state index contributed by atoms with van der Waals surface area (Å²) in [6.45, 7) is 4.09. The van der Waals surface area contributed by atoms with Crippen LogP contribution in [0.1, 0.15) is 27.6 Å². The van der Waals surface area contributed by atoms with Crippen LogP contribution >= 0.6 is 23.2 Å². The number of aryl methyl sites for hydroxylation is 2. The molecule has 0 nitrogen and oxygen atoms in total. The molecule has 0 aromatic heterocycles. The molecular formula is C16H16Cl2. The van der Waals surface area contributed by atoms with Crippen molar-refractivity contribution in [2.75, 3.05) is 0 Å². The second kappa shape index (κ2) is 5.77.